The van der Waals surface area contributed by atoms with Crippen LogP contribution in [0.2, 0.25) is 0 Å². The summed E-state index contributed by atoms with van der Waals surface area (Å²) in [5.41, 5.74) is 2.36. The second-order valence-corrected chi connectivity index (χ2v) is 7.55. The Morgan fingerprint density at radius 3 is 2.52 bits per heavy atom. The van der Waals surface area contributed by atoms with Crippen LogP contribution in [0.5, 0.6) is 11.5 Å². The van der Waals surface area contributed by atoms with Crippen molar-refractivity contribution in [2.45, 2.75) is 26.8 Å². The van der Waals surface area contributed by atoms with Gasteiger partial charge in [0.25, 0.3) is 5.91 Å². The predicted octanol–water partition coefficient (Wildman–Crippen LogP) is 1.47. The number of hydrogen-bond donors (Lipinski definition) is 0. The van der Waals surface area contributed by atoms with E-state index in [4.69, 9.17) is 9.47 Å². The Hall–Kier alpha value is -3.69. The van der Waals surface area contributed by atoms with Gasteiger partial charge in [-0.3, -0.25) is 19.4 Å². The maximum atomic E-state index is 13.3. The largest absolute Gasteiger partial charge is 0.497 e. The molecular formula is C21H24N5O5+. The smallest absolute Gasteiger partial charge is 0.407 e. The third-order valence-corrected chi connectivity index (χ3v) is 5.72. The summed E-state index contributed by atoms with van der Waals surface area (Å²) in [4.78, 5) is 44.6. The maximum Gasteiger partial charge on any atom is 0.407 e. The highest BCUT2D eigenvalue weighted by Gasteiger charge is 2.54. The molecule has 0 N–H and O–H groups in total. The number of likely N-dealkylation sites (N-methyl/N-ethyl adjacent to an activating group) is 1. The molecule has 1 aromatic carbocycles. The number of fused-ring (bicyclic) bond motifs is 3. The first-order chi connectivity index (χ1) is 14.7. The van der Waals surface area contributed by atoms with E-state index in [-0.39, 0.29) is 12.3 Å². The number of amides is 3. The number of Topliss-reactive ketones (excluding diaryl/α,β-unsaturated/α-hetero) is 1. The van der Waals surface area contributed by atoms with Gasteiger partial charge in [0, 0.05) is 13.1 Å². The van der Waals surface area contributed by atoms with Gasteiger partial charge in [0.2, 0.25) is 11.9 Å². The highest BCUT2D eigenvalue weighted by atomic mass is 16.5. The van der Waals surface area contributed by atoms with Crippen molar-refractivity contribution >= 4 is 29.5 Å². The number of aromatic nitrogens is 2. The number of ketones is 1. The van der Waals surface area contributed by atoms with Crippen LogP contribution >= 0.6 is 0 Å². The van der Waals surface area contributed by atoms with Gasteiger partial charge in [-0.15, -0.1) is 0 Å². The van der Waals surface area contributed by atoms with Crippen LogP contribution in [0.15, 0.2) is 23.2 Å². The number of ether oxygens (including phenoxy) is 2. The van der Waals surface area contributed by atoms with E-state index in [9.17, 15) is 14.4 Å². The highest BCUT2D eigenvalue weighted by Crippen LogP contribution is 2.36. The number of nitrogens with zero attached hydrogens (tertiary/aromatic N) is 5. The lowest BCUT2D eigenvalue weighted by atomic mass is 10.1. The normalized spacial score (nSPS) is 17.5. The van der Waals surface area contributed by atoms with Crippen molar-refractivity contribution in [3.63, 3.8) is 0 Å². The topological polar surface area (TPSA) is 97.3 Å². The van der Waals surface area contributed by atoms with E-state index in [1.807, 2.05) is 24.5 Å². The zero-order valence-electron chi connectivity index (χ0n) is 18.3. The molecule has 2 aromatic rings. The van der Waals surface area contributed by atoms with E-state index in [0.29, 0.717) is 29.0 Å². The second kappa shape index (κ2) is 7.22. The highest BCUT2D eigenvalue weighted by molar-refractivity contribution is 6.19. The number of carbonyl (C=O) groups is 3. The van der Waals surface area contributed by atoms with Crippen LogP contribution in [0.4, 0.5) is 10.7 Å². The summed E-state index contributed by atoms with van der Waals surface area (Å²) in [5, 5.41) is 0. The Morgan fingerprint density at radius 2 is 1.90 bits per heavy atom. The number of aliphatic imine (C=N–C) groups is 1. The standard InChI is InChI=1S/C21H24N5O5/c1-11(27)10-24-19(28)17-18(23(4)21(24)29)22-20-25(12(2)13(3)26(17)20)15-9-14(30-5)7-8-16(15)31-6/h7-9,17H,10H2,1-6H3/q+1. The van der Waals surface area contributed by atoms with Gasteiger partial charge in [0.1, 0.15) is 22.9 Å². The molecule has 10 heteroatoms. The minimum absolute atomic E-state index is 0.273. The van der Waals surface area contributed by atoms with Gasteiger partial charge in [0.05, 0.1) is 20.8 Å². The van der Waals surface area contributed by atoms with E-state index in [1.54, 1.807) is 38.0 Å². The number of imidazole rings is 1. The van der Waals surface area contributed by atoms with Gasteiger partial charge < -0.3 is 9.47 Å². The molecule has 0 aliphatic carbocycles. The molecule has 31 heavy (non-hydrogen) atoms. The molecule has 2 aliphatic heterocycles. The van der Waals surface area contributed by atoms with Gasteiger partial charge in [-0.05, 0) is 32.9 Å². The summed E-state index contributed by atoms with van der Waals surface area (Å²) in [5.74, 6) is 1.30. The van der Waals surface area contributed by atoms with Gasteiger partial charge in [0.15, 0.2) is 11.4 Å². The molecule has 1 aromatic heterocycles. The molecule has 10 nitrogen and oxygen atoms in total. The Kier molecular flexibility index (Phi) is 4.79. The molecule has 1 atom stereocenters. The fourth-order valence-corrected chi connectivity index (χ4v) is 4.06. The lowest BCUT2D eigenvalue weighted by Gasteiger charge is -2.32. The summed E-state index contributed by atoms with van der Waals surface area (Å²) in [6, 6.07) is 4.02. The number of imide groups is 1. The summed E-state index contributed by atoms with van der Waals surface area (Å²) < 4.78 is 14.6. The van der Waals surface area contributed by atoms with Crippen LogP contribution in [0.1, 0.15) is 24.4 Å². The lowest BCUT2D eigenvalue weighted by molar-refractivity contribution is -0.682. The Balaban J connectivity index is 1.93. The van der Waals surface area contributed by atoms with Crippen LogP contribution in [0.25, 0.3) is 5.69 Å². The van der Waals surface area contributed by atoms with Crippen LogP contribution in [-0.4, -0.2) is 65.7 Å². The Labute approximate surface area is 179 Å². The molecular weight excluding hydrogens is 402 g/mol. The van der Waals surface area contributed by atoms with Crippen molar-refractivity contribution in [1.82, 2.24) is 14.4 Å². The number of amidine groups is 1. The average molecular weight is 426 g/mol. The number of carbonyl (C=O) groups excluding carboxylic acids is 3. The van der Waals surface area contributed by atoms with Crippen molar-refractivity contribution in [3.05, 3.63) is 29.6 Å². The number of hydrogen-bond acceptors (Lipinski definition) is 6. The molecule has 1 fully saturated rings. The lowest BCUT2D eigenvalue weighted by Crippen LogP contribution is -2.63. The van der Waals surface area contributed by atoms with Crippen molar-refractivity contribution < 1.29 is 28.4 Å². The summed E-state index contributed by atoms with van der Waals surface area (Å²) in [7, 11) is 4.71. The zero-order chi connectivity index (χ0) is 22.6. The van der Waals surface area contributed by atoms with Gasteiger partial charge in [-0.25, -0.2) is 9.36 Å². The monoisotopic (exact) mass is 426 g/mol. The maximum absolute atomic E-state index is 13.3. The van der Waals surface area contributed by atoms with E-state index in [1.165, 1.54) is 11.8 Å². The average Bonchev–Trinajstić information content (AvgIpc) is 3.24. The number of benzene rings is 1. The number of methoxy groups -OCH3 is 2. The predicted molar refractivity (Wildman–Crippen MR) is 110 cm³/mol. The van der Waals surface area contributed by atoms with Crippen molar-refractivity contribution in [2.24, 2.45) is 4.99 Å². The molecule has 2 aliphatic rings. The SMILES string of the molecule is COc1ccc(OC)c(-n2c(C)c(C)[n+]3c2N=C2C3C(=O)N(CC(C)=O)C(=O)N2C)c1. The van der Waals surface area contributed by atoms with Crippen LogP contribution in [-0.2, 0) is 9.59 Å². The van der Waals surface area contributed by atoms with E-state index < -0.39 is 18.0 Å². The van der Waals surface area contributed by atoms with Gasteiger partial charge in [-0.1, -0.05) is 4.99 Å². The van der Waals surface area contributed by atoms with Crippen molar-refractivity contribution in [3.8, 4) is 17.2 Å². The molecule has 3 amide bonds. The summed E-state index contributed by atoms with van der Waals surface area (Å²) in [6.07, 6.45) is 0. The third kappa shape index (κ3) is 2.89. The first-order valence-corrected chi connectivity index (χ1v) is 9.74. The summed E-state index contributed by atoms with van der Waals surface area (Å²) >= 11 is 0. The Morgan fingerprint density at radius 1 is 1.19 bits per heavy atom. The molecule has 4 rings (SSSR count). The molecule has 1 saturated heterocycles. The quantitative estimate of drug-likeness (QED) is 0.675. The van der Waals surface area contributed by atoms with Crippen molar-refractivity contribution in [1.29, 1.82) is 0 Å². The van der Waals surface area contributed by atoms with Gasteiger partial charge >= 0.3 is 12.0 Å². The fraction of sp³-hybridized carbons (Fsp3) is 0.381. The molecule has 0 radical (unpaired) electrons. The van der Waals surface area contributed by atoms with E-state index in [0.717, 1.165) is 16.3 Å². The number of urea groups is 1. The second-order valence-electron chi connectivity index (χ2n) is 7.55. The number of rotatable bonds is 5. The fourth-order valence-electron chi connectivity index (χ4n) is 4.06. The Bertz CT molecular complexity index is 1170. The van der Waals surface area contributed by atoms with Crippen LogP contribution in [0, 0.1) is 13.8 Å². The van der Waals surface area contributed by atoms with E-state index >= 15 is 0 Å². The van der Waals surface area contributed by atoms with E-state index in [2.05, 4.69) is 4.99 Å². The van der Waals surface area contributed by atoms with Gasteiger partial charge in [-0.2, -0.15) is 4.57 Å². The third-order valence-electron chi connectivity index (χ3n) is 5.72. The summed E-state index contributed by atoms with van der Waals surface area (Å²) in [6.45, 7) is 4.88. The van der Waals surface area contributed by atoms with Crippen LogP contribution in [0.3, 0.4) is 0 Å². The van der Waals surface area contributed by atoms with Crippen molar-refractivity contribution in [2.75, 3.05) is 27.8 Å². The van der Waals surface area contributed by atoms with Crippen LogP contribution < -0.4 is 14.0 Å². The minimum atomic E-state index is -0.825. The molecule has 162 valence electrons. The molecule has 1 unspecified atom stereocenters. The molecule has 0 spiro atoms. The zero-order valence-corrected chi connectivity index (χ0v) is 18.3. The first kappa shape index (κ1) is 20.6. The first-order valence-electron chi connectivity index (χ1n) is 9.74. The molecule has 0 bridgehead atoms. The molecule has 3 heterocycles. The minimum Gasteiger partial charge on any atom is -0.497 e. The molecule has 0 saturated carbocycles.